The van der Waals surface area contributed by atoms with E-state index in [-0.39, 0.29) is 23.4 Å². The van der Waals surface area contributed by atoms with Crippen molar-refractivity contribution in [2.24, 2.45) is 0 Å². The Morgan fingerprint density at radius 2 is 1.79 bits per heavy atom. The molecule has 126 valence electrons. The lowest BCUT2D eigenvalue weighted by Crippen LogP contribution is -2.07. The Bertz CT molecular complexity index is 772. The maximum atomic E-state index is 12.5. The molecule has 0 heterocycles. The second-order valence-electron chi connectivity index (χ2n) is 4.79. The van der Waals surface area contributed by atoms with Crippen LogP contribution in [0.25, 0.3) is 0 Å². The smallest absolute Gasteiger partial charge is 0.449 e. The summed E-state index contributed by atoms with van der Waals surface area (Å²) in [5.41, 5.74) is -0.521. The molecule has 2 aromatic carbocycles. The highest BCUT2D eigenvalue weighted by atomic mass is 19.4. The van der Waals surface area contributed by atoms with Crippen molar-refractivity contribution in [2.75, 3.05) is 0 Å². The van der Waals surface area contributed by atoms with Crippen molar-refractivity contribution in [3.05, 3.63) is 69.3 Å². The maximum Gasteiger partial charge on any atom is 0.511 e. The van der Waals surface area contributed by atoms with E-state index < -0.39 is 22.8 Å². The molecule has 0 bridgehead atoms. The zero-order valence-electron chi connectivity index (χ0n) is 11.9. The van der Waals surface area contributed by atoms with Gasteiger partial charge in [0.05, 0.1) is 10.5 Å². The van der Waals surface area contributed by atoms with E-state index >= 15 is 0 Å². The Hall–Kier alpha value is -3.10. The molecule has 0 aliphatic carbocycles. The quantitative estimate of drug-likeness (QED) is 0.388. The number of halogens is 3. The Labute approximate surface area is 133 Å². The van der Waals surface area contributed by atoms with Crippen molar-refractivity contribution in [2.45, 2.75) is 12.6 Å². The lowest BCUT2D eigenvalue weighted by Gasteiger charge is -2.10. The molecule has 2 aromatic rings. The van der Waals surface area contributed by atoms with Crippen molar-refractivity contribution in [3.63, 3.8) is 0 Å². The van der Waals surface area contributed by atoms with Gasteiger partial charge in [-0.1, -0.05) is 12.1 Å². The number of nitro groups is 1. The van der Waals surface area contributed by atoms with Crippen LogP contribution in [0, 0.1) is 10.1 Å². The van der Waals surface area contributed by atoms with Crippen LogP contribution in [0.2, 0.25) is 0 Å². The van der Waals surface area contributed by atoms with Gasteiger partial charge in [-0.25, -0.2) is 4.79 Å². The van der Waals surface area contributed by atoms with Crippen LogP contribution in [-0.2, 0) is 12.6 Å². The lowest BCUT2D eigenvalue weighted by molar-refractivity contribution is -0.384. The van der Waals surface area contributed by atoms with E-state index in [0.717, 1.165) is 30.3 Å². The molecule has 1 N–H and O–H groups in total. The van der Waals surface area contributed by atoms with Crippen molar-refractivity contribution >= 4 is 11.8 Å². The second kappa shape index (κ2) is 6.57. The van der Waals surface area contributed by atoms with Crippen LogP contribution in [0.5, 0.6) is 5.75 Å². The number of benzene rings is 2. The summed E-state index contributed by atoms with van der Waals surface area (Å²) in [6.07, 6.45) is -6.10. The van der Waals surface area contributed by atoms with Crippen LogP contribution in [0.1, 0.15) is 16.7 Å². The summed E-state index contributed by atoms with van der Waals surface area (Å²) in [6.45, 7) is 0. The minimum atomic E-state index is -4.47. The van der Waals surface area contributed by atoms with Gasteiger partial charge in [-0.2, -0.15) is 13.2 Å². The van der Waals surface area contributed by atoms with Crippen molar-refractivity contribution in [1.82, 2.24) is 0 Å². The highest BCUT2D eigenvalue weighted by Gasteiger charge is 2.30. The number of nitrogens with zero attached hydrogens (tertiary/aromatic N) is 1. The summed E-state index contributed by atoms with van der Waals surface area (Å²) in [6, 6.07) is 7.52. The zero-order chi connectivity index (χ0) is 17.9. The number of ether oxygens (including phenoxy) is 1. The molecule has 6 nitrogen and oxygen atoms in total. The summed E-state index contributed by atoms with van der Waals surface area (Å²) in [4.78, 5) is 20.8. The van der Waals surface area contributed by atoms with E-state index in [0.29, 0.717) is 5.56 Å². The van der Waals surface area contributed by atoms with Crippen LogP contribution in [-0.4, -0.2) is 16.2 Å². The molecule has 0 atom stereocenters. The second-order valence-corrected chi connectivity index (χ2v) is 4.79. The molecular formula is C15H10F3NO5. The molecule has 0 aromatic heterocycles. The molecule has 0 aliphatic rings. The molecule has 0 radical (unpaired) electrons. The first-order valence-corrected chi connectivity index (χ1v) is 6.51. The first-order chi connectivity index (χ1) is 11.2. The third-order valence-corrected chi connectivity index (χ3v) is 3.13. The Balaban J connectivity index is 2.34. The lowest BCUT2D eigenvalue weighted by atomic mass is 10.0. The maximum absolute atomic E-state index is 12.5. The van der Waals surface area contributed by atoms with E-state index in [9.17, 15) is 28.1 Å². The first kappa shape index (κ1) is 17.3. The fourth-order valence-corrected chi connectivity index (χ4v) is 2.04. The van der Waals surface area contributed by atoms with Crippen molar-refractivity contribution in [3.8, 4) is 5.75 Å². The van der Waals surface area contributed by atoms with Crippen LogP contribution in [0.4, 0.5) is 23.7 Å². The number of rotatable bonds is 4. The highest BCUT2D eigenvalue weighted by Crippen LogP contribution is 2.31. The van der Waals surface area contributed by atoms with Gasteiger partial charge in [0.15, 0.2) is 0 Å². The fraction of sp³-hybridized carbons (Fsp3) is 0.133. The Kier molecular flexibility index (Phi) is 4.72. The summed E-state index contributed by atoms with van der Waals surface area (Å²) >= 11 is 0. The number of hydrogen-bond acceptors (Lipinski definition) is 4. The number of nitro benzene ring substituents is 1. The van der Waals surface area contributed by atoms with Gasteiger partial charge in [0.2, 0.25) is 0 Å². The predicted molar refractivity (Wildman–Crippen MR) is 76.0 cm³/mol. The van der Waals surface area contributed by atoms with Gasteiger partial charge >= 0.3 is 12.3 Å². The van der Waals surface area contributed by atoms with Crippen LogP contribution in [0.3, 0.4) is 0 Å². The molecule has 2 rings (SSSR count). The number of carbonyl (C=O) groups is 1. The monoisotopic (exact) mass is 341 g/mol. The topological polar surface area (TPSA) is 89.7 Å². The molecule has 0 saturated carbocycles. The molecule has 0 unspecified atom stereocenters. The summed E-state index contributed by atoms with van der Waals surface area (Å²) in [5.74, 6) is -0.118. The molecular weight excluding hydrogens is 331 g/mol. The molecule has 24 heavy (non-hydrogen) atoms. The molecule has 0 amide bonds. The molecule has 0 fully saturated rings. The molecule has 0 saturated heterocycles. The minimum Gasteiger partial charge on any atom is -0.449 e. The first-order valence-electron chi connectivity index (χ1n) is 6.51. The van der Waals surface area contributed by atoms with Gasteiger partial charge in [-0.3, -0.25) is 10.1 Å². The summed E-state index contributed by atoms with van der Waals surface area (Å²) in [7, 11) is 0. The number of alkyl halides is 3. The highest BCUT2D eigenvalue weighted by molar-refractivity contribution is 5.63. The minimum absolute atomic E-state index is 0.0254. The number of non-ortho nitro benzene ring substituents is 1. The normalized spacial score (nSPS) is 11.1. The number of hydrogen-bond donors (Lipinski definition) is 1. The van der Waals surface area contributed by atoms with E-state index in [2.05, 4.69) is 4.74 Å². The third-order valence-electron chi connectivity index (χ3n) is 3.13. The van der Waals surface area contributed by atoms with Gasteiger partial charge < -0.3 is 9.84 Å². The fourth-order valence-electron chi connectivity index (χ4n) is 2.04. The van der Waals surface area contributed by atoms with Crippen molar-refractivity contribution < 1.29 is 32.7 Å². The van der Waals surface area contributed by atoms with Crippen LogP contribution in [0.15, 0.2) is 42.5 Å². The molecule has 0 aliphatic heterocycles. The van der Waals surface area contributed by atoms with Gasteiger partial charge in [0, 0.05) is 24.1 Å². The predicted octanol–water partition coefficient (Wildman–Crippen LogP) is 4.26. The average Bonchev–Trinajstić information content (AvgIpc) is 2.48. The standard InChI is InChI=1S/C15H10F3NO5/c16-15(17,18)11-3-1-9(2-4-11)7-10-8-12(19(22)23)5-6-13(10)24-14(20)21/h1-6,8H,7H2,(H,20,21). The zero-order valence-corrected chi connectivity index (χ0v) is 11.9. The van der Waals surface area contributed by atoms with Gasteiger partial charge in [-0.15, -0.1) is 0 Å². The Morgan fingerprint density at radius 1 is 1.17 bits per heavy atom. The van der Waals surface area contributed by atoms with E-state index in [4.69, 9.17) is 5.11 Å². The van der Waals surface area contributed by atoms with Gasteiger partial charge in [0.25, 0.3) is 5.69 Å². The average molecular weight is 341 g/mol. The van der Waals surface area contributed by atoms with Gasteiger partial charge in [0.1, 0.15) is 5.75 Å². The largest absolute Gasteiger partial charge is 0.511 e. The SMILES string of the molecule is O=C(O)Oc1ccc([N+](=O)[O-])cc1Cc1ccc(C(F)(F)F)cc1. The van der Waals surface area contributed by atoms with E-state index in [1.54, 1.807) is 0 Å². The third kappa shape index (κ3) is 4.22. The number of carboxylic acid groups (broad SMARTS) is 1. The van der Waals surface area contributed by atoms with E-state index in [1.807, 2.05) is 0 Å². The molecule has 9 heteroatoms. The van der Waals surface area contributed by atoms with Crippen molar-refractivity contribution in [1.29, 1.82) is 0 Å². The summed E-state index contributed by atoms with van der Waals surface area (Å²) in [5, 5.41) is 19.5. The van der Waals surface area contributed by atoms with Gasteiger partial charge in [-0.05, 0) is 23.8 Å². The summed E-state index contributed by atoms with van der Waals surface area (Å²) < 4.78 is 42.2. The van der Waals surface area contributed by atoms with Crippen LogP contribution >= 0.6 is 0 Å². The van der Waals surface area contributed by atoms with E-state index in [1.165, 1.54) is 12.1 Å². The van der Waals surface area contributed by atoms with Crippen LogP contribution < -0.4 is 4.74 Å². The Morgan fingerprint density at radius 3 is 2.29 bits per heavy atom. The molecule has 0 spiro atoms.